The van der Waals surface area contributed by atoms with E-state index in [4.69, 9.17) is 4.98 Å². The fourth-order valence-corrected chi connectivity index (χ4v) is 3.74. The highest BCUT2D eigenvalue weighted by Crippen LogP contribution is 2.33. The van der Waals surface area contributed by atoms with E-state index in [-0.39, 0.29) is 0 Å². The van der Waals surface area contributed by atoms with Crippen LogP contribution in [0.2, 0.25) is 0 Å². The summed E-state index contributed by atoms with van der Waals surface area (Å²) >= 11 is 0. The van der Waals surface area contributed by atoms with Crippen LogP contribution in [0.4, 0.5) is 0 Å². The molecule has 1 radical (unpaired) electrons. The van der Waals surface area contributed by atoms with E-state index in [1.807, 2.05) is 50.6 Å². The van der Waals surface area contributed by atoms with Gasteiger partial charge in [0.2, 0.25) is 0 Å². The molecule has 0 saturated heterocycles. The van der Waals surface area contributed by atoms with Crippen molar-refractivity contribution < 1.29 is 0 Å². The van der Waals surface area contributed by atoms with Gasteiger partial charge < -0.3 is 4.98 Å². The molecule has 145 valence electrons. The normalized spacial score (nSPS) is 11.1. The van der Waals surface area contributed by atoms with Crippen molar-refractivity contribution in [2.24, 2.45) is 0 Å². The first-order valence-electron chi connectivity index (χ1n) is 9.98. The number of nitrogens with one attached hydrogen (secondary N) is 1. The number of nitrogens with zero attached hydrogens (tertiary/aromatic N) is 3. The molecular formula is C26H21N4. The maximum absolute atomic E-state index is 4.79. The van der Waals surface area contributed by atoms with E-state index < -0.39 is 0 Å². The fraction of sp³-hybridized carbons (Fsp3) is 0.0769. The highest BCUT2D eigenvalue weighted by molar-refractivity contribution is 5.95. The minimum absolute atomic E-state index is 0.844. The topological polar surface area (TPSA) is 54.5 Å². The van der Waals surface area contributed by atoms with Crippen molar-refractivity contribution in [3.05, 3.63) is 96.9 Å². The van der Waals surface area contributed by atoms with Crippen molar-refractivity contribution in [1.82, 2.24) is 19.9 Å². The van der Waals surface area contributed by atoms with Crippen LogP contribution in [-0.4, -0.2) is 19.9 Å². The van der Waals surface area contributed by atoms with Gasteiger partial charge in [-0.2, -0.15) is 0 Å². The summed E-state index contributed by atoms with van der Waals surface area (Å²) in [4.78, 5) is 17.2. The van der Waals surface area contributed by atoms with Crippen molar-refractivity contribution in [3.63, 3.8) is 0 Å². The number of aromatic nitrogens is 4. The van der Waals surface area contributed by atoms with Crippen LogP contribution in [0.3, 0.4) is 0 Å². The van der Waals surface area contributed by atoms with E-state index in [2.05, 4.69) is 63.8 Å². The highest BCUT2D eigenvalue weighted by atomic mass is 14.9. The van der Waals surface area contributed by atoms with Crippen molar-refractivity contribution in [1.29, 1.82) is 0 Å². The van der Waals surface area contributed by atoms with Crippen molar-refractivity contribution >= 4 is 11.0 Å². The molecule has 0 aliphatic carbocycles. The number of aryl methyl sites for hydroxylation is 1. The Morgan fingerprint density at radius 1 is 0.800 bits per heavy atom. The summed E-state index contributed by atoms with van der Waals surface area (Å²) in [6.45, 7) is 4.04. The van der Waals surface area contributed by atoms with Crippen molar-refractivity contribution in [2.75, 3.05) is 0 Å². The molecule has 0 aliphatic heterocycles. The van der Waals surface area contributed by atoms with Crippen LogP contribution < -0.4 is 0 Å². The molecule has 0 amide bonds. The molecule has 4 heteroatoms. The van der Waals surface area contributed by atoms with Crippen LogP contribution in [-0.2, 0) is 0 Å². The predicted octanol–water partition coefficient (Wildman–Crippen LogP) is 6.23. The Kier molecular flexibility index (Phi) is 4.60. The third-order valence-corrected chi connectivity index (χ3v) is 5.28. The number of aromatic amines is 1. The summed E-state index contributed by atoms with van der Waals surface area (Å²) in [5.74, 6) is 0. The molecule has 4 aromatic heterocycles. The predicted molar refractivity (Wildman–Crippen MR) is 122 cm³/mol. The quantitative estimate of drug-likeness (QED) is 0.396. The van der Waals surface area contributed by atoms with Gasteiger partial charge in [0.25, 0.3) is 0 Å². The van der Waals surface area contributed by atoms with Crippen LogP contribution in [0, 0.1) is 13.3 Å². The van der Waals surface area contributed by atoms with Gasteiger partial charge in [-0.05, 0) is 60.4 Å². The van der Waals surface area contributed by atoms with E-state index in [1.165, 1.54) is 5.56 Å². The molecule has 0 unspecified atom stereocenters. The first kappa shape index (κ1) is 18.3. The molecular weight excluding hydrogens is 368 g/mol. The van der Waals surface area contributed by atoms with Crippen molar-refractivity contribution in [3.8, 4) is 33.6 Å². The lowest BCUT2D eigenvalue weighted by Gasteiger charge is -2.10. The molecule has 1 N–H and O–H groups in total. The zero-order chi connectivity index (χ0) is 20.5. The molecule has 5 aromatic rings. The molecule has 0 bridgehead atoms. The smallest absolute Gasteiger partial charge is 0.138 e. The van der Waals surface area contributed by atoms with Gasteiger partial charge in [0.15, 0.2) is 0 Å². The molecule has 0 spiro atoms. The number of benzene rings is 1. The average molecular weight is 389 g/mol. The van der Waals surface area contributed by atoms with Gasteiger partial charge >= 0.3 is 0 Å². The van der Waals surface area contributed by atoms with E-state index >= 15 is 0 Å². The summed E-state index contributed by atoms with van der Waals surface area (Å²) in [5, 5.41) is 1.07. The number of hydrogen-bond donors (Lipinski definition) is 1. The molecule has 0 saturated carbocycles. The van der Waals surface area contributed by atoms with Gasteiger partial charge in [-0.1, -0.05) is 37.3 Å². The van der Waals surface area contributed by atoms with Crippen LogP contribution in [0.15, 0.2) is 79.3 Å². The van der Waals surface area contributed by atoms with E-state index in [9.17, 15) is 0 Å². The van der Waals surface area contributed by atoms with E-state index in [0.29, 0.717) is 0 Å². The maximum atomic E-state index is 4.79. The Hall–Kier alpha value is -3.79. The Bertz CT molecular complexity index is 1350. The van der Waals surface area contributed by atoms with E-state index in [0.717, 1.165) is 50.4 Å². The van der Waals surface area contributed by atoms with E-state index in [1.54, 1.807) is 0 Å². The second-order valence-electron chi connectivity index (χ2n) is 7.34. The van der Waals surface area contributed by atoms with Crippen molar-refractivity contribution in [2.45, 2.75) is 13.8 Å². The number of hydrogen-bond acceptors (Lipinski definition) is 3. The summed E-state index contributed by atoms with van der Waals surface area (Å²) in [5.41, 5.74) is 9.11. The fourth-order valence-electron chi connectivity index (χ4n) is 3.74. The zero-order valence-corrected chi connectivity index (χ0v) is 16.9. The SMILES string of the molecule is C[CH]c1cccc(-c2cncc(-c3cc(-c4cccc(C)n4)nc4[nH]ccc34)c2)c1. The monoisotopic (exact) mass is 389 g/mol. The van der Waals surface area contributed by atoms with Gasteiger partial charge in [0.1, 0.15) is 5.65 Å². The average Bonchev–Trinajstić information content (AvgIpc) is 3.27. The Morgan fingerprint density at radius 2 is 1.67 bits per heavy atom. The van der Waals surface area contributed by atoms with Gasteiger partial charge in [-0.25, -0.2) is 4.98 Å². The Balaban J connectivity index is 1.67. The van der Waals surface area contributed by atoms with Gasteiger partial charge in [-0.15, -0.1) is 0 Å². The lowest BCUT2D eigenvalue weighted by Crippen LogP contribution is -1.93. The molecule has 0 fully saturated rings. The van der Waals surface area contributed by atoms with Gasteiger partial charge in [0, 0.05) is 40.8 Å². The Morgan fingerprint density at radius 3 is 2.53 bits per heavy atom. The largest absolute Gasteiger partial charge is 0.346 e. The second kappa shape index (κ2) is 7.56. The summed E-state index contributed by atoms with van der Waals surface area (Å²) in [7, 11) is 0. The number of fused-ring (bicyclic) bond motifs is 1. The zero-order valence-electron chi connectivity index (χ0n) is 16.9. The lowest BCUT2D eigenvalue weighted by molar-refractivity contribution is 1.18. The highest BCUT2D eigenvalue weighted by Gasteiger charge is 2.12. The Labute approximate surface area is 175 Å². The molecule has 0 atom stereocenters. The minimum Gasteiger partial charge on any atom is -0.346 e. The third-order valence-electron chi connectivity index (χ3n) is 5.28. The number of rotatable bonds is 4. The maximum Gasteiger partial charge on any atom is 0.138 e. The summed E-state index contributed by atoms with van der Waals surface area (Å²) < 4.78 is 0. The molecule has 4 heterocycles. The first-order chi connectivity index (χ1) is 14.7. The number of H-pyrrole nitrogens is 1. The molecule has 0 aliphatic rings. The molecule has 1 aromatic carbocycles. The molecule has 4 nitrogen and oxygen atoms in total. The first-order valence-corrected chi connectivity index (χ1v) is 9.98. The second-order valence-corrected chi connectivity index (χ2v) is 7.34. The number of pyridine rings is 3. The summed E-state index contributed by atoms with van der Waals surface area (Å²) in [6, 6.07) is 20.8. The lowest BCUT2D eigenvalue weighted by atomic mass is 9.98. The van der Waals surface area contributed by atoms with Crippen LogP contribution in [0.5, 0.6) is 0 Å². The standard InChI is InChI=1S/C26H21N4/c1-3-18-7-5-8-19(12-18)20-13-21(16-27-15-20)23-14-25(24-9-4-6-17(2)29-24)30-26-22(23)10-11-28-26/h3-16H,1-2H3,(H,28,30). The van der Waals surface area contributed by atoms with Crippen LogP contribution >= 0.6 is 0 Å². The minimum atomic E-state index is 0.844. The third kappa shape index (κ3) is 3.37. The molecule has 30 heavy (non-hydrogen) atoms. The van der Waals surface area contributed by atoms with Crippen LogP contribution in [0.1, 0.15) is 18.2 Å². The molecule has 5 rings (SSSR count). The van der Waals surface area contributed by atoms with Gasteiger partial charge in [0.05, 0.1) is 11.4 Å². The van der Waals surface area contributed by atoms with Crippen LogP contribution in [0.25, 0.3) is 44.7 Å². The summed E-state index contributed by atoms with van der Waals surface area (Å²) in [6.07, 6.45) is 7.85. The van der Waals surface area contributed by atoms with Gasteiger partial charge in [-0.3, -0.25) is 9.97 Å².